The van der Waals surface area contributed by atoms with Crippen molar-refractivity contribution >= 4 is 11.9 Å². The molecule has 0 saturated carbocycles. The Morgan fingerprint density at radius 2 is 1.74 bits per heavy atom. The summed E-state index contributed by atoms with van der Waals surface area (Å²) in [5, 5.41) is 9.61. The number of hydrogen-bond acceptors (Lipinski definition) is 5. The van der Waals surface area contributed by atoms with Gasteiger partial charge in [-0.25, -0.2) is 0 Å². The number of hydrogen-bond donors (Lipinski definition) is 1. The van der Waals surface area contributed by atoms with E-state index in [9.17, 15) is 14.7 Å². The molecule has 0 unspecified atom stereocenters. The second kappa shape index (κ2) is 4.57. The largest absolute Gasteiger partial charge is 0.508 e. The first-order valence-corrected chi connectivity index (χ1v) is 5.93. The Hall–Kier alpha value is -2.04. The van der Waals surface area contributed by atoms with Gasteiger partial charge in [-0.1, -0.05) is 0 Å². The highest BCUT2D eigenvalue weighted by Crippen LogP contribution is 2.41. The predicted molar refractivity (Wildman–Crippen MR) is 66.7 cm³/mol. The van der Waals surface area contributed by atoms with Gasteiger partial charge in [0.05, 0.1) is 14.2 Å². The average Bonchev–Trinajstić information content (AvgIpc) is 2.77. The number of rotatable bonds is 2. The van der Waals surface area contributed by atoms with Crippen molar-refractivity contribution in [3.63, 3.8) is 0 Å². The number of aryl methyl sites for hydroxylation is 1. The molecule has 1 aliphatic rings. The first kappa shape index (κ1) is 13.4. The second-order valence-electron chi connectivity index (χ2n) is 4.82. The van der Waals surface area contributed by atoms with Crippen LogP contribution < -0.4 is 0 Å². The molecule has 0 atom stereocenters. The van der Waals surface area contributed by atoms with Crippen LogP contribution in [0, 0.1) is 12.3 Å². The SMILES string of the molecule is COC(=O)C1(C(=O)OC)Cc2cc(O)cc(C)c2C1. The number of phenols is 1. The number of carbonyl (C=O) groups is 2. The molecule has 0 spiro atoms. The van der Waals surface area contributed by atoms with Crippen molar-refractivity contribution in [1.29, 1.82) is 0 Å². The molecule has 19 heavy (non-hydrogen) atoms. The van der Waals surface area contributed by atoms with Crippen molar-refractivity contribution < 1.29 is 24.2 Å². The van der Waals surface area contributed by atoms with Crippen LogP contribution >= 0.6 is 0 Å². The van der Waals surface area contributed by atoms with E-state index in [4.69, 9.17) is 9.47 Å². The summed E-state index contributed by atoms with van der Waals surface area (Å²) in [5.41, 5.74) is 1.20. The van der Waals surface area contributed by atoms with Crippen LogP contribution in [0.1, 0.15) is 16.7 Å². The zero-order valence-corrected chi connectivity index (χ0v) is 11.1. The maximum absolute atomic E-state index is 12.0. The van der Waals surface area contributed by atoms with Crippen molar-refractivity contribution in [2.24, 2.45) is 5.41 Å². The lowest BCUT2D eigenvalue weighted by Gasteiger charge is -2.22. The number of carbonyl (C=O) groups excluding carboxylic acids is 2. The number of esters is 2. The summed E-state index contributed by atoms with van der Waals surface area (Å²) < 4.78 is 9.52. The molecule has 1 aromatic rings. The number of phenolic OH excluding ortho intramolecular Hbond substituents is 1. The van der Waals surface area contributed by atoms with Crippen LogP contribution in [-0.2, 0) is 31.9 Å². The van der Waals surface area contributed by atoms with Gasteiger partial charge in [-0.05, 0) is 42.2 Å². The first-order chi connectivity index (χ1) is 8.94. The van der Waals surface area contributed by atoms with Crippen LogP contribution in [0.15, 0.2) is 12.1 Å². The minimum Gasteiger partial charge on any atom is -0.508 e. The Morgan fingerprint density at radius 3 is 2.26 bits per heavy atom. The minimum absolute atomic E-state index is 0.127. The normalized spacial score (nSPS) is 15.7. The van der Waals surface area contributed by atoms with E-state index in [1.807, 2.05) is 6.92 Å². The lowest BCUT2D eigenvalue weighted by atomic mass is 9.84. The van der Waals surface area contributed by atoms with Crippen LogP contribution in [0.2, 0.25) is 0 Å². The van der Waals surface area contributed by atoms with E-state index >= 15 is 0 Å². The van der Waals surface area contributed by atoms with Crippen molar-refractivity contribution in [3.8, 4) is 5.75 Å². The van der Waals surface area contributed by atoms with E-state index in [0.29, 0.717) is 0 Å². The Kier molecular flexibility index (Phi) is 3.22. The summed E-state index contributed by atoms with van der Waals surface area (Å²) in [6.07, 6.45) is 0.435. The molecule has 0 saturated heterocycles. The maximum atomic E-state index is 12.0. The molecule has 0 radical (unpaired) electrons. The summed E-state index contributed by atoms with van der Waals surface area (Å²) in [6.45, 7) is 1.84. The van der Waals surface area contributed by atoms with Gasteiger partial charge < -0.3 is 14.6 Å². The third kappa shape index (κ3) is 1.95. The van der Waals surface area contributed by atoms with E-state index in [1.165, 1.54) is 14.2 Å². The molecule has 1 aliphatic carbocycles. The fraction of sp³-hybridized carbons (Fsp3) is 0.429. The molecule has 1 N–H and O–H groups in total. The molecule has 1 aromatic carbocycles. The van der Waals surface area contributed by atoms with E-state index in [0.717, 1.165) is 16.7 Å². The minimum atomic E-state index is -1.33. The number of aromatic hydroxyl groups is 1. The van der Waals surface area contributed by atoms with Crippen LogP contribution in [0.4, 0.5) is 0 Å². The lowest BCUT2D eigenvalue weighted by molar-refractivity contribution is -0.168. The Labute approximate surface area is 111 Å². The highest BCUT2D eigenvalue weighted by atomic mass is 16.5. The number of benzene rings is 1. The molecule has 5 nitrogen and oxygen atoms in total. The second-order valence-corrected chi connectivity index (χ2v) is 4.82. The maximum Gasteiger partial charge on any atom is 0.323 e. The molecule has 0 heterocycles. The Bertz CT molecular complexity index is 531. The predicted octanol–water partition coefficient (Wildman–Crippen LogP) is 1.13. The van der Waals surface area contributed by atoms with Gasteiger partial charge in [-0.15, -0.1) is 0 Å². The van der Waals surface area contributed by atoms with Gasteiger partial charge in [0.15, 0.2) is 5.41 Å². The zero-order valence-electron chi connectivity index (χ0n) is 11.1. The van der Waals surface area contributed by atoms with Gasteiger partial charge in [0, 0.05) is 6.42 Å². The van der Waals surface area contributed by atoms with Gasteiger partial charge in [-0.2, -0.15) is 0 Å². The summed E-state index contributed by atoms with van der Waals surface area (Å²) in [4.78, 5) is 24.0. The van der Waals surface area contributed by atoms with Crippen molar-refractivity contribution in [2.45, 2.75) is 19.8 Å². The Balaban J connectivity index is 2.51. The smallest absolute Gasteiger partial charge is 0.323 e. The van der Waals surface area contributed by atoms with Gasteiger partial charge in [0.25, 0.3) is 0 Å². The molecule has 0 fully saturated rings. The van der Waals surface area contributed by atoms with Crippen LogP contribution in [0.25, 0.3) is 0 Å². The highest BCUT2D eigenvalue weighted by molar-refractivity contribution is 6.01. The number of methoxy groups -OCH3 is 2. The molecular weight excluding hydrogens is 248 g/mol. The van der Waals surface area contributed by atoms with Crippen LogP contribution in [-0.4, -0.2) is 31.3 Å². The summed E-state index contributed by atoms with van der Waals surface area (Å²) in [5.74, 6) is -1.08. The van der Waals surface area contributed by atoms with Crippen LogP contribution in [0.5, 0.6) is 5.75 Å². The first-order valence-electron chi connectivity index (χ1n) is 5.93. The lowest BCUT2D eigenvalue weighted by Crippen LogP contribution is -2.42. The quantitative estimate of drug-likeness (QED) is 0.640. The molecule has 2 rings (SSSR count). The Morgan fingerprint density at radius 1 is 1.16 bits per heavy atom. The third-order valence-electron chi connectivity index (χ3n) is 3.67. The summed E-state index contributed by atoms with van der Waals surface area (Å²) in [7, 11) is 2.50. The van der Waals surface area contributed by atoms with Crippen LogP contribution in [0.3, 0.4) is 0 Å². The van der Waals surface area contributed by atoms with E-state index < -0.39 is 17.4 Å². The van der Waals surface area contributed by atoms with Gasteiger partial charge in [0.2, 0.25) is 0 Å². The third-order valence-corrected chi connectivity index (χ3v) is 3.67. The highest BCUT2D eigenvalue weighted by Gasteiger charge is 2.53. The fourth-order valence-electron chi connectivity index (χ4n) is 2.73. The number of ether oxygens (including phenoxy) is 2. The van der Waals surface area contributed by atoms with E-state index in [2.05, 4.69) is 0 Å². The van der Waals surface area contributed by atoms with E-state index in [-0.39, 0.29) is 18.6 Å². The van der Waals surface area contributed by atoms with Gasteiger partial charge in [-0.3, -0.25) is 9.59 Å². The van der Waals surface area contributed by atoms with Gasteiger partial charge >= 0.3 is 11.9 Å². The molecule has 102 valence electrons. The van der Waals surface area contributed by atoms with E-state index in [1.54, 1.807) is 12.1 Å². The molecular formula is C14H16O5. The molecule has 0 aromatic heterocycles. The number of fused-ring (bicyclic) bond motifs is 1. The fourth-order valence-corrected chi connectivity index (χ4v) is 2.73. The summed E-state index contributed by atoms with van der Waals surface area (Å²) >= 11 is 0. The van der Waals surface area contributed by atoms with Crippen molar-refractivity contribution in [2.75, 3.05) is 14.2 Å². The molecule has 0 amide bonds. The summed E-state index contributed by atoms with van der Waals surface area (Å²) in [6, 6.07) is 3.19. The molecule has 0 aliphatic heterocycles. The topological polar surface area (TPSA) is 72.8 Å². The molecule has 5 heteroatoms. The standard InChI is InChI=1S/C14H16O5/c1-8-4-10(15)5-9-6-14(7-11(8)9,12(16)18-2)13(17)19-3/h4-5,15H,6-7H2,1-3H3. The van der Waals surface area contributed by atoms with Gasteiger partial charge in [0.1, 0.15) is 5.75 Å². The molecule has 0 bridgehead atoms. The van der Waals surface area contributed by atoms with Crippen molar-refractivity contribution in [3.05, 3.63) is 28.8 Å². The zero-order chi connectivity index (χ0) is 14.2. The van der Waals surface area contributed by atoms with Crippen molar-refractivity contribution in [1.82, 2.24) is 0 Å². The average molecular weight is 264 g/mol. The monoisotopic (exact) mass is 264 g/mol.